The van der Waals surface area contributed by atoms with Crippen LogP contribution in [-0.2, 0) is 6.54 Å². The zero-order valence-electron chi connectivity index (χ0n) is 18.6. The van der Waals surface area contributed by atoms with Gasteiger partial charge in [-0.15, -0.1) is 0 Å². The number of halogens is 1. The number of aromatic nitrogens is 2. The third-order valence-corrected chi connectivity index (χ3v) is 6.88. The van der Waals surface area contributed by atoms with Gasteiger partial charge in [0.15, 0.2) is 5.11 Å². The number of hydrogen-bond acceptors (Lipinski definition) is 2. The van der Waals surface area contributed by atoms with E-state index < -0.39 is 0 Å². The van der Waals surface area contributed by atoms with Crippen LogP contribution >= 0.6 is 23.8 Å². The number of pyridine rings is 1. The molecule has 0 aliphatic carbocycles. The molecule has 1 saturated heterocycles. The van der Waals surface area contributed by atoms with E-state index in [2.05, 4.69) is 76.1 Å². The van der Waals surface area contributed by atoms with Crippen molar-refractivity contribution in [3.05, 3.63) is 118 Å². The standard InChI is InChI=1S/C27H25ClN4S/c1-18-16-23(19(2)31(18)17-20-8-4-3-5-9-20)26-25(24-10-6-7-15-29-24)30-27(33)32(26)22-13-11-21(28)12-14-22/h3-16,25-26H,17H2,1-2H3,(H,30,33). The molecular weight excluding hydrogens is 448 g/mol. The predicted molar refractivity (Wildman–Crippen MR) is 139 cm³/mol. The van der Waals surface area contributed by atoms with E-state index in [9.17, 15) is 0 Å². The van der Waals surface area contributed by atoms with E-state index in [4.69, 9.17) is 23.8 Å². The molecule has 166 valence electrons. The first-order chi connectivity index (χ1) is 16.0. The molecule has 6 heteroatoms. The second-order valence-corrected chi connectivity index (χ2v) is 9.19. The van der Waals surface area contributed by atoms with Crippen LogP contribution in [0.2, 0.25) is 5.02 Å². The quantitative estimate of drug-likeness (QED) is 0.342. The van der Waals surface area contributed by atoms with Crippen molar-refractivity contribution in [2.45, 2.75) is 32.5 Å². The van der Waals surface area contributed by atoms with Crippen LogP contribution in [0.25, 0.3) is 0 Å². The number of hydrogen-bond donors (Lipinski definition) is 1. The lowest BCUT2D eigenvalue weighted by atomic mass is 9.96. The zero-order valence-corrected chi connectivity index (χ0v) is 20.1. The Kier molecular flexibility index (Phi) is 5.92. The molecule has 2 aromatic carbocycles. The monoisotopic (exact) mass is 472 g/mol. The van der Waals surface area contributed by atoms with Gasteiger partial charge < -0.3 is 14.8 Å². The predicted octanol–water partition coefficient (Wildman–Crippen LogP) is 6.38. The van der Waals surface area contributed by atoms with Crippen LogP contribution in [0.15, 0.2) is 85.1 Å². The summed E-state index contributed by atoms with van der Waals surface area (Å²) in [7, 11) is 0. The molecule has 2 unspecified atom stereocenters. The molecule has 3 heterocycles. The molecule has 5 rings (SSSR count). The van der Waals surface area contributed by atoms with E-state index in [0.29, 0.717) is 10.1 Å². The van der Waals surface area contributed by atoms with Crippen molar-refractivity contribution in [3.63, 3.8) is 0 Å². The van der Waals surface area contributed by atoms with E-state index >= 15 is 0 Å². The van der Waals surface area contributed by atoms with Crippen LogP contribution < -0.4 is 10.2 Å². The maximum atomic E-state index is 6.18. The Labute approximate surface area is 204 Å². The van der Waals surface area contributed by atoms with Crippen LogP contribution in [0.4, 0.5) is 5.69 Å². The highest BCUT2D eigenvalue weighted by molar-refractivity contribution is 7.80. The number of anilines is 1. The van der Waals surface area contributed by atoms with Gasteiger partial charge in [-0.2, -0.15) is 0 Å². The molecule has 0 bridgehead atoms. The topological polar surface area (TPSA) is 33.1 Å². The van der Waals surface area contributed by atoms with E-state index in [1.807, 2.05) is 42.6 Å². The molecule has 0 spiro atoms. The lowest BCUT2D eigenvalue weighted by Gasteiger charge is -2.28. The number of nitrogens with zero attached hydrogens (tertiary/aromatic N) is 3. The third kappa shape index (κ3) is 4.14. The Morgan fingerprint density at radius 3 is 2.39 bits per heavy atom. The summed E-state index contributed by atoms with van der Waals surface area (Å²) in [5.74, 6) is 0. The van der Waals surface area contributed by atoms with Gasteiger partial charge in [-0.05, 0) is 79.7 Å². The number of rotatable bonds is 5. The Balaban J connectivity index is 1.62. The largest absolute Gasteiger partial charge is 0.351 e. The van der Waals surface area contributed by atoms with Crippen molar-refractivity contribution >= 4 is 34.6 Å². The Hall–Kier alpha value is -3.15. The minimum Gasteiger partial charge on any atom is -0.351 e. The van der Waals surface area contributed by atoms with Gasteiger partial charge >= 0.3 is 0 Å². The van der Waals surface area contributed by atoms with Crippen molar-refractivity contribution in [3.8, 4) is 0 Å². The molecule has 2 atom stereocenters. The zero-order chi connectivity index (χ0) is 22.9. The SMILES string of the molecule is Cc1cc(C2C(c3ccccn3)NC(=S)N2c2ccc(Cl)cc2)c(C)n1Cc1ccccc1. The Bertz CT molecular complexity index is 1270. The molecule has 1 aliphatic rings. The summed E-state index contributed by atoms with van der Waals surface area (Å²) in [6.07, 6.45) is 1.83. The van der Waals surface area contributed by atoms with Gasteiger partial charge in [-0.3, -0.25) is 4.98 Å². The average Bonchev–Trinajstić information content (AvgIpc) is 3.32. The molecule has 0 saturated carbocycles. The highest BCUT2D eigenvalue weighted by Gasteiger charge is 2.42. The fraction of sp³-hybridized carbons (Fsp3) is 0.185. The lowest BCUT2D eigenvalue weighted by Crippen LogP contribution is -2.29. The lowest BCUT2D eigenvalue weighted by molar-refractivity contribution is 0.563. The van der Waals surface area contributed by atoms with Gasteiger partial charge in [0.2, 0.25) is 0 Å². The van der Waals surface area contributed by atoms with Gasteiger partial charge in [0.25, 0.3) is 0 Å². The maximum Gasteiger partial charge on any atom is 0.174 e. The number of nitrogens with one attached hydrogen (secondary N) is 1. The average molecular weight is 473 g/mol. The molecular formula is C27H25ClN4S. The summed E-state index contributed by atoms with van der Waals surface area (Å²) in [4.78, 5) is 6.86. The minimum atomic E-state index is -0.0694. The first kappa shape index (κ1) is 21.7. The number of thiocarbonyl (C=S) groups is 1. The molecule has 4 nitrogen and oxygen atoms in total. The van der Waals surface area contributed by atoms with Crippen LogP contribution in [0.5, 0.6) is 0 Å². The van der Waals surface area contributed by atoms with E-state index in [1.54, 1.807) is 0 Å². The Morgan fingerprint density at radius 1 is 0.970 bits per heavy atom. The molecule has 0 amide bonds. The highest BCUT2D eigenvalue weighted by Crippen LogP contribution is 2.43. The fourth-order valence-corrected chi connectivity index (χ4v) is 5.16. The molecule has 1 aliphatic heterocycles. The van der Waals surface area contributed by atoms with Gasteiger partial charge in [0.05, 0.1) is 17.8 Å². The van der Waals surface area contributed by atoms with Gasteiger partial charge in [0.1, 0.15) is 0 Å². The van der Waals surface area contributed by atoms with E-state index in [1.165, 1.54) is 22.5 Å². The Morgan fingerprint density at radius 2 is 1.70 bits per heavy atom. The summed E-state index contributed by atoms with van der Waals surface area (Å²) < 4.78 is 2.38. The van der Waals surface area contributed by atoms with Crippen LogP contribution in [0, 0.1) is 13.8 Å². The minimum absolute atomic E-state index is 0.0377. The fourth-order valence-electron chi connectivity index (χ4n) is 4.69. The molecule has 4 aromatic rings. The van der Waals surface area contributed by atoms with Crippen molar-refractivity contribution in [2.24, 2.45) is 0 Å². The van der Waals surface area contributed by atoms with Crippen molar-refractivity contribution < 1.29 is 0 Å². The highest BCUT2D eigenvalue weighted by atomic mass is 35.5. The summed E-state index contributed by atoms with van der Waals surface area (Å²) in [6.45, 7) is 5.20. The molecule has 2 aromatic heterocycles. The summed E-state index contributed by atoms with van der Waals surface area (Å²) in [5.41, 5.74) is 6.94. The summed E-state index contributed by atoms with van der Waals surface area (Å²) in [5, 5.41) is 4.93. The second kappa shape index (κ2) is 9.00. The van der Waals surface area contributed by atoms with Crippen LogP contribution in [-0.4, -0.2) is 14.7 Å². The molecule has 0 radical (unpaired) electrons. The van der Waals surface area contributed by atoms with E-state index in [0.717, 1.165) is 17.9 Å². The second-order valence-electron chi connectivity index (χ2n) is 8.37. The smallest absolute Gasteiger partial charge is 0.174 e. The van der Waals surface area contributed by atoms with Crippen molar-refractivity contribution in [1.82, 2.24) is 14.9 Å². The third-order valence-electron chi connectivity index (χ3n) is 6.32. The normalized spacial score (nSPS) is 17.9. The number of aryl methyl sites for hydroxylation is 1. The van der Waals surface area contributed by atoms with E-state index in [-0.39, 0.29) is 12.1 Å². The molecule has 33 heavy (non-hydrogen) atoms. The van der Waals surface area contributed by atoms with Gasteiger partial charge in [-0.1, -0.05) is 48.0 Å². The van der Waals surface area contributed by atoms with Crippen LogP contribution in [0.1, 0.15) is 40.3 Å². The number of benzene rings is 2. The van der Waals surface area contributed by atoms with Crippen LogP contribution in [0.3, 0.4) is 0 Å². The van der Waals surface area contributed by atoms with Gasteiger partial charge in [-0.25, -0.2) is 0 Å². The molecule has 1 fully saturated rings. The molecule has 1 N–H and O–H groups in total. The summed E-state index contributed by atoms with van der Waals surface area (Å²) in [6, 6.07) is 26.6. The van der Waals surface area contributed by atoms with Gasteiger partial charge in [0, 0.05) is 34.8 Å². The first-order valence-corrected chi connectivity index (χ1v) is 11.8. The maximum absolute atomic E-state index is 6.18. The van der Waals surface area contributed by atoms with Crippen molar-refractivity contribution in [2.75, 3.05) is 4.90 Å². The first-order valence-electron chi connectivity index (χ1n) is 11.0. The van der Waals surface area contributed by atoms with Crippen molar-refractivity contribution in [1.29, 1.82) is 0 Å². The summed E-state index contributed by atoms with van der Waals surface area (Å²) >= 11 is 12.0.